The molecule has 1 rings (SSSR count). The summed E-state index contributed by atoms with van der Waals surface area (Å²) < 4.78 is 11.1. The molecule has 0 aromatic carbocycles. The molecule has 1 saturated heterocycles. The van der Waals surface area contributed by atoms with Gasteiger partial charge in [-0.15, -0.1) is 0 Å². The number of nitrogens with zero attached hydrogens (tertiary/aromatic N) is 1. The van der Waals surface area contributed by atoms with Gasteiger partial charge in [-0.05, 0) is 25.8 Å². The molecule has 0 radical (unpaired) electrons. The summed E-state index contributed by atoms with van der Waals surface area (Å²) >= 11 is 0. The highest BCUT2D eigenvalue weighted by atomic mass is 28.4. The molecule has 5 heteroatoms. The van der Waals surface area contributed by atoms with Crippen LogP contribution >= 0.6 is 0 Å². The number of likely N-dealkylation sites (tertiary alicyclic amines) is 1. The van der Waals surface area contributed by atoms with Crippen molar-refractivity contribution in [1.82, 2.24) is 4.90 Å². The number of hydrogen-bond acceptors (Lipinski definition) is 4. The molecule has 0 aliphatic carbocycles. The first-order valence-electron chi connectivity index (χ1n) is 5.63. The summed E-state index contributed by atoms with van der Waals surface area (Å²) in [4.78, 5) is 2.14. The largest absolute Gasteiger partial charge is 0.397 e. The normalized spacial score (nSPS) is 25.8. The van der Waals surface area contributed by atoms with Gasteiger partial charge < -0.3 is 14.0 Å². The van der Waals surface area contributed by atoms with Gasteiger partial charge >= 0.3 is 8.56 Å². The fraction of sp³-hybridized carbons (Fsp3) is 1.00. The van der Waals surface area contributed by atoms with E-state index in [1.165, 1.54) is 0 Å². The molecule has 15 heavy (non-hydrogen) atoms. The van der Waals surface area contributed by atoms with Crippen molar-refractivity contribution in [2.45, 2.75) is 44.6 Å². The lowest BCUT2D eigenvalue weighted by Crippen LogP contribution is -2.58. The zero-order valence-electron chi connectivity index (χ0n) is 10.2. The van der Waals surface area contributed by atoms with Gasteiger partial charge in [0.15, 0.2) is 0 Å². The van der Waals surface area contributed by atoms with Gasteiger partial charge in [0, 0.05) is 20.8 Å². The Morgan fingerprint density at radius 2 is 2.07 bits per heavy atom. The summed E-state index contributed by atoms with van der Waals surface area (Å²) in [7, 11) is 1.25. The van der Waals surface area contributed by atoms with E-state index in [0.29, 0.717) is 0 Å². The Morgan fingerprint density at radius 1 is 1.47 bits per heavy atom. The molecule has 0 amide bonds. The third-order valence-corrected chi connectivity index (χ3v) is 7.04. The molecule has 0 aromatic rings. The maximum atomic E-state index is 9.88. The topological polar surface area (TPSA) is 41.9 Å². The van der Waals surface area contributed by atoms with Crippen LogP contribution in [0.4, 0.5) is 0 Å². The smallest absolute Gasteiger partial charge is 0.352 e. The summed E-state index contributed by atoms with van der Waals surface area (Å²) in [6.45, 7) is 5.14. The van der Waals surface area contributed by atoms with Crippen molar-refractivity contribution in [2.24, 2.45) is 0 Å². The molecule has 4 nitrogen and oxygen atoms in total. The van der Waals surface area contributed by atoms with E-state index in [1.54, 1.807) is 14.2 Å². The van der Waals surface area contributed by atoms with E-state index < -0.39 is 8.56 Å². The van der Waals surface area contributed by atoms with Crippen LogP contribution in [0.1, 0.15) is 26.2 Å². The molecule has 90 valence electrons. The van der Waals surface area contributed by atoms with Crippen LogP contribution in [0.2, 0.25) is 6.55 Å². The molecule has 0 aromatic heterocycles. The first-order valence-corrected chi connectivity index (χ1v) is 8.02. The highest BCUT2D eigenvalue weighted by molar-refractivity contribution is 6.67. The van der Waals surface area contributed by atoms with E-state index in [1.807, 2.05) is 0 Å². The molecular weight excluding hydrogens is 210 g/mol. The average molecular weight is 233 g/mol. The Balaban J connectivity index is 2.77. The summed E-state index contributed by atoms with van der Waals surface area (Å²) in [6, 6.07) is 0. The summed E-state index contributed by atoms with van der Waals surface area (Å²) in [5.41, 5.74) is 0.241. The minimum atomic E-state index is -2.17. The second-order valence-corrected chi connectivity index (χ2v) is 7.72. The van der Waals surface area contributed by atoms with E-state index in [-0.39, 0.29) is 11.9 Å². The van der Waals surface area contributed by atoms with Crippen molar-refractivity contribution in [3.8, 4) is 0 Å². The second-order valence-electron chi connectivity index (χ2n) is 4.21. The van der Waals surface area contributed by atoms with Gasteiger partial charge in [-0.3, -0.25) is 4.90 Å². The second kappa shape index (κ2) is 5.40. The lowest BCUT2D eigenvalue weighted by atomic mass is 10.4. The third kappa shape index (κ3) is 2.60. The van der Waals surface area contributed by atoms with E-state index in [4.69, 9.17) is 8.85 Å². The molecule has 0 bridgehead atoms. The molecular formula is C10H23NO3Si. The quantitative estimate of drug-likeness (QED) is 0.722. The Kier molecular flexibility index (Phi) is 4.73. The minimum Gasteiger partial charge on any atom is -0.397 e. The minimum absolute atomic E-state index is 0.241. The van der Waals surface area contributed by atoms with Crippen LogP contribution in [0.3, 0.4) is 0 Å². The van der Waals surface area contributed by atoms with Crippen LogP contribution in [0.25, 0.3) is 0 Å². The van der Waals surface area contributed by atoms with E-state index in [0.717, 1.165) is 25.8 Å². The van der Waals surface area contributed by atoms with Crippen LogP contribution in [0.15, 0.2) is 0 Å². The molecule has 1 heterocycles. The molecule has 1 aliphatic rings. The highest BCUT2D eigenvalue weighted by Crippen LogP contribution is 2.26. The van der Waals surface area contributed by atoms with Gasteiger partial charge in [0.05, 0.1) is 5.67 Å². The fourth-order valence-electron chi connectivity index (χ4n) is 2.40. The summed E-state index contributed by atoms with van der Waals surface area (Å²) in [6.07, 6.45) is 2.58. The standard InChI is InChI=1S/C10H23NO3Si/c1-5-10(15(4,13-2)14-3)11-8-6-7-9(11)12/h9-10,12H,5-8H2,1-4H3. The molecule has 2 unspecified atom stereocenters. The number of hydrogen-bond donors (Lipinski definition) is 1. The number of aliphatic hydroxyl groups is 1. The van der Waals surface area contributed by atoms with Gasteiger partial charge in [0.1, 0.15) is 6.23 Å². The van der Waals surface area contributed by atoms with E-state index >= 15 is 0 Å². The van der Waals surface area contributed by atoms with Crippen LogP contribution < -0.4 is 0 Å². The van der Waals surface area contributed by atoms with Crippen molar-refractivity contribution in [2.75, 3.05) is 20.8 Å². The Bertz CT molecular complexity index is 199. The predicted molar refractivity (Wildman–Crippen MR) is 61.7 cm³/mol. The third-order valence-electron chi connectivity index (χ3n) is 3.46. The Labute approximate surface area is 93.4 Å². The van der Waals surface area contributed by atoms with Crippen molar-refractivity contribution in [1.29, 1.82) is 0 Å². The van der Waals surface area contributed by atoms with Gasteiger partial charge in [0.25, 0.3) is 0 Å². The lowest BCUT2D eigenvalue weighted by Gasteiger charge is -2.38. The average Bonchev–Trinajstić information content (AvgIpc) is 2.66. The van der Waals surface area contributed by atoms with Crippen LogP contribution in [0, 0.1) is 0 Å². The predicted octanol–water partition coefficient (Wildman–Crippen LogP) is 1.08. The zero-order valence-corrected chi connectivity index (χ0v) is 11.2. The van der Waals surface area contributed by atoms with Crippen LogP contribution in [-0.2, 0) is 8.85 Å². The molecule has 2 atom stereocenters. The maximum absolute atomic E-state index is 9.88. The van der Waals surface area contributed by atoms with E-state index in [9.17, 15) is 5.11 Å². The molecule has 0 saturated carbocycles. The number of rotatable bonds is 5. The van der Waals surface area contributed by atoms with Gasteiger partial charge in [-0.25, -0.2) is 0 Å². The first-order chi connectivity index (χ1) is 7.09. The van der Waals surface area contributed by atoms with Crippen molar-refractivity contribution in [3.63, 3.8) is 0 Å². The molecule has 1 N–H and O–H groups in total. The van der Waals surface area contributed by atoms with E-state index in [2.05, 4.69) is 18.4 Å². The Hall–Kier alpha value is 0.0569. The maximum Gasteiger partial charge on any atom is 0.352 e. The SMILES string of the molecule is CCC(N1CCCC1O)[Si](C)(OC)OC. The molecule has 1 aliphatic heterocycles. The van der Waals surface area contributed by atoms with Crippen molar-refractivity contribution in [3.05, 3.63) is 0 Å². The number of aliphatic hydroxyl groups excluding tert-OH is 1. The fourth-order valence-corrected chi connectivity index (χ4v) is 4.75. The van der Waals surface area contributed by atoms with Crippen LogP contribution in [-0.4, -0.2) is 51.2 Å². The van der Waals surface area contributed by atoms with Crippen molar-refractivity contribution >= 4 is 8.56 Å². The monoisotopic (exact) mass is 233 g/mol. The Morgan fingerprint density at radius 3 is 2.40 bits per heavy atom. The zero-order chi connectivity index (χ0) is 11.5. The highest BCUT2D eigenvalue weighted by Gasteiger charge is 2.45. The van der Waals surface area contributed by atoms with Crippen molar-refractivity contribution < 1.29 is 14.0 Å². The lowest BCUT2D eigenvalue weighted by molar-refractivity contribution is 0.0129. The van der Waals surface area contributed by atoms with Gasteiger partial charge in [-0.1, -0.05) is 6.92 Å². The molecule has 1 fully saturated rings. The van der Waals surface area contributed by atoms with Gasteiger partial charge in [0.2, 0.25) is 0 Å². The van der Waals surface area contributed by atoms with Crippen LogP contribution in [0.5, 0.6) is 0 Å². The first kappa shape index (κ1) is 13.1. The summed E-state index contributed by atoms with van der Waals surface area (Å²) in [5.74, 6) is 0. The molecule has 0 spiro atoms. The van der Waals surface area contributed by atoms with Gasteiger partial charge in [-0.2, -0.15) is 0 Å². The summed E-state index contributed by atoms with van der Waals surface area (Å²) in [5, 5.41) is 9.88.